The van der Waals surface area contributed by atoms with E-state index in [1.165, 1.54) is 0 Å². The predicted molar refractivity (Wildman–Crippen MR) is 35.2 cm³/mol. The third-order valence-corrected chi connectivity index (χ3v) is 1.13. The average molecular weight is 121 g/mol. The van der Waals surface area contributed by atoms with Crippen molar-refractivity contribution in [2.24, 2.45) is 5.73 Å². The van der Waals surface area contributed by atoms with Crippen LogP contribution in [0.3, 0.4) is 0 Å². The zero-order chi connectivity index (χ0) is 6.69. The maximum atomic E-state index is 10.0. The first-order valence-electron chi connectivity index (χ1n) is 2.69. The number of carbonyl (C=O) groups excluding carboxylic acids is 1. The molecule has 1 aliphatic rings. The number of hydrogen-bond donors (Lipinski definition) is 1. The molecular formula is C7H7NO. The van der Waals surface area contributed by atoms with E-state index in [1.54, 1.807) is 24.2 Å². The molecule has 0 aliphatic heterocycles. The van der Waals surface area contributed by atoms with Crippen molar-refractivity contribution in [3.05, 3.63) is 29.5 Å². The number of nitrogens with two attached hydrogens (primary N) is 1. The van der Waals surface area contributed by atoms with Gasteiger partial charge in [0.25, 0.3) is 0 Å². The Morgan fingerprint density at radius 1 is 1.67 bits per heavy atom. The lowest BCUT2D eigenvalue weighted by molar-refractivity contribution is 0.567. The van der Waals surface area contributed by atoms with Gasteiger partial charge in [-0.15, -0.1) is 0 Å². The summed E-state index contributed by atoms with van der Waals surface area (Å²) in [6.07, 6.45) is 5.78. The summed E-state index contributed by atoms with van der Waals surface area (Å²) in [5.74, 6) is 1.79. The molecule has 0 aromatic heterocycles. The van der Waals surface area contributed by atoms with Crippen LogP contribution in [-0.2, 0) is 4.79 Å². The number of rotatable bonds is 0. The van der Waals surface area contributed by atoms with E-state index in [0.29, 0.717) is 12.0 Å². The van der Waals surface area contributed by atoms with E-state index in [1.807, 2.05) is 0 Å². The van der Waals surface area contributed by atoms with Gasteiger partial charge < -0.3 is 5.73 Å². The van der Waals surface area contributed by atoms with Gasteiger partial charge in [0.1, 0.15) is 5.94 Å². The quantitative estimate of drug-likeness (QED) is 0.475. The normalized spacial score (nSPS) is 16.9. The SMILES string of the molecule is NC1=CC=CC(=C=O)C1. The highest BCUT2D eigenvalue weighted by Crippen LogP contribution is 2.09. The Kier molecular flexibility index (Phi) is 1.52. The summed E-state index contributed by atoms with van der Waals surface area (Å²) in [7, 11) is 0. The lowest BCUT2D eigenvalue weighted by Gasteiger charge is -2.01. The second-order valence-electron chi connectivity index (χ2n) is 1.90. The van der Waals surface area contributed by atoms with Gasteiger partial charge in [-0.3, -0.25) is 0 Å². The molecule has 0 fully saturated rings. The molecular weight excluding hydrogens is 114 g/mol. The van der Waals surface area contributed by atoms with E-state index < -0.39 is 0 Å². The van der Waals surface area contributed by atoms with Gasteiger partial charge >= 0.3 is 0 Å². The molecule has 1 rings (SSSR count). The second-order valence-corrected chi connectivity index (χ2v) is 1.90. The molecule has 0 atom stereocenters. The molecule has 2 heteroatoms. The van der Waals surface area contributed by atoms with E-state index in [9.17, 15) is 4.79 Å². The molecule has 0 bridgehead atoms. The summed E-state index contributed by atoms with van der Waals surface area (Å²) >= 11 is 0. The molecule has 0 unspecified atom stereocenters. The van der Waals surface area contributed by atoms with Gasteiger partial charge in [0.05, 0.1) is 0 Å². The Labute approximate surface area is 53.4 Å². The van der Waals surface area contributed by atoms with Crippen LogP contribution < -0.4 is 5.73 Å². The average Bonchev–Trinajstić information content (AvgIpc) is 1.88. The Bertz CT molecular complexity index is 219. The van der Waals surface area contributed by atoms with E-state index in [4.69, 9.17) is 5.73 Å². The maximum absolute atomic E-state index is 10.0. The minimum absolute atomic E-state index is 0.542. The van der Waals surface area contributed by atoms with Gasteiger partial charge in [0, 0.05) is 17.7 Å². The van der Waals surface area contributed by atoms with E-state index in [0.717, 1.165) is 5.70 Å². The molecule has 0 amide bonds. The largest absolute Gasteiger partial charge is 0.402 e. The van der Waals surface area contributed by atoms with E-state index in [-0.39, 0.29) is 0 Å². The van der Waals surface area contributed by atoms with Crippen molar-refractivity contribution in [1.29, 1.82) is 0 Å². The summed E-state index contributed by atoms with van der Waals surface area (Å²) in [5.41, 5.74) is 6.75. The first-order chi connectivity index (χ1) is 4.33. The summed E-state index contributed by atoms with van der Waals surface area (Å²) in [6, 6.07) is 0. The van der Waals surface area contributed by atoms with Gasteiger partial charge in [-0.2, -0.15) is 0 Å². The lowest BCUT2D eigenvalue weighted by atomic mass is 10.1. The van der Waals surface area contributed by atoms with Crippen molar-refractivity contribution in [3.8, 4) is 0 Å². The summed E-state index contributed by atoms with van der Waals surface area (Å²) in [6.45, 7) is 0. The highest BCUT2D eigenvalue weighted by atomic mass is 16.1. The van der Waals surface area contributed by atoms with E-state index in [2.05, 4.69) is 0 Å². The van der Waals surface area contributed by atoms with Crippen molar-refractivity contribution in [3.63, 3.8) is 0 Å². The smallest absolute Gasteiger partial charge is 0.128 e. The van der Waals surface area contributed by atoms with Crippen LogP contribution in [-0.4, -0.2) is 5.94 Å². The standard InChI is InChI=1S/C7H7NO/c8-7-3-1-2-6(4-7)5-9/h1-3H,4,8H2. The molecule has 2 nitrogen and oxygen atoms in total. The minimum atomic E-state index is 0.542. The van der Waals surface area contributed by atoms with Crippen molar-refractivity contribution in [1.82, 2.24) is 0 Å². The zero-order valence-corrected chi connectivity index (χ0v) is 4.92. The van der Waals surface area contributed by atoms with Gasteiger partial charge in [0.2, 0.25) is 0 Å². The Balaban J connectivity index is 2.85. The highest BCUT2D eigenvalue weighted by Gasteiger charge is 1.98. The first kappa shape index (κ1) is 5.86. The Hall–Kier alpha value is -1.27. The third-order valence-electron chi connectivity index (χ3n) is 1.13. The van der Waals surface area contributed by atoms with Crippen LogP contribution in [0.5, 0.6) is 0 Å². The highest BCUT2D eigenvalue weighted by molar-refractivity contribution is 5.59. The van der Waals surface area contributed by atoms with Crippen LogP contribution in [0, 0.1) is 0 Å². The molecule has 0 saturated carbocycles. The summed E-state index contributed by atoms with van der Waals surface area (Å²) in [5, 5.41) is 0. The molecule has 0 saturated heterocycles. The van der Waals surface area contributed by atoms with Crippen LogP contribution in [0.1, 0.15) is 6.42 Å². The fourth-order valence-corrected chi connectivity index (χ4v) is 0.696. The topological polar surface area (TPSA) is 43.1 Å². The van der Waals surface area contributed by atoms with Crippen molar-refractivity contribution in [2.75, 3.05) is 0 Å². The number of allylic oxidation sites excluding steroid dienone is 4. The third kappa shape index (κ3) is 1.31. The van der Waals surface area contributed by atoms with Gasteiger partial charge in [-0.1, -0.05) is 6.08 Å². The van der Waals surface area contributed by atoms with E-state index >= 15 is 0 Å². The minimum Gasteiger partial charge on any atom is -0.402 e. The summed E-state index contributed by atoms with van der Waals surface area (Å²) < 4.78 is 0. The monoisotopic (exact) mass is 121 g/mol. The first-order valence-corrected chi connectivity index (χ1v) is 2.69. The van der Waals surface area contributed by atoms with Gasteiger partial charge in [-0.05, 0) is 12.2 Å². The fourth-order valence-electron chi connectivity index (χ4n) is 0.696. The number of hydrogen-bond acceptors (Lipinski definition) is 2. The summed E-state index contributed by atoms with van der Waals surface area (Å²) in [4.78, 5) is 10.0. The van der Waals surface area contributed by atoms with Crippen LogP contribution in [0.4, 0.5) is 0 Å². The second kappa shape index (κ2) is 2.33. The predicted octanol–water partition coefficient (Wildman–Crippen LogP) is 0.547. The Morgan fingerprint density at radius 3 is 2.89 bits per heavy atom. The molecule has 0 aromatic carbocycles. The molecule has 0 aromatic rings. The lowest BCUT2D eigenvalue weighted by Crippen LogP contribution is -2.00. The van der Waals surface area contributed by atoms with Crippen LogP contribution >= 0.6 is 0 Å². The molecule has 0 heterocycles. The molecule has 0 spiro atoms. The van der Waals surface area contributed by atoms with Crippen molar-refractivity contribution < 1.29 is 4.79 Å². The molecule has 0 radical (unpaired) electrons. The van der Waals surface area contributed by atoms with Gasteiger partial charge in [-0.25, -0.2) is 4.79 Å². The van der Waals surface area contributed by atoms with Gasteiger partial charge in [0.15, 0.2) is 0 Å². The molecule has 46 valence electrons. The molecule has 9 heavy (non-hydrogen) atoms. The van der Waals surface area contributed by atoms with Crippen molar-refractivity contribution in [2.45, 2.75) is 6.42 Å². The van der Waals surface area contributed by atoms with Crippen molar-refractivity contribution >= 4 is 5.94 Å². The van der Waals surface area contributed by atoms with Crippen LogP contribution in [0.25, 0.3) is 0 Å². The Morgan fingerprint density at radius 2 is 2.44 bits per heavy atom. The van der Waals surface area contributed by atoms with Crippen LogP contribution in [0.15, 0.2) is 29.5 Å². The molecule has 1 aliphatic carbocycles. The van der Waals surface area contributed by atoms with Crippen LogP contribution in [0.2, 0.25) is 0 Å². The maximum Gasteiger partial charge on any atom is 0.128 e. The molecule has 2 N–H and O–H groups in total. The fraction of sp³-hybridized carbons (Fsp3) is 0.143. The zero-order valence-electron chi connectivity index (χ0n) is 4.92.